The highest BCUT2D eigenvalue weighted by molar-refractivity contribution is 5.71. The Hall–Kier alpha value is -3.10. The van der Waals surface area contributed by atoms with E-state index in [1.807, 2.05) is 6.92 Å². The van der Waals surface area contributed by atoms with E-state index < -0.39 is 11.9 Å². The number of carbonyl (C=O) groups is 1. The van der Waals surface area contributed by atoms with Crippen molar-refractivity contribution in [2.75, 3.05) is 26.3 Å². The summed E-state index contributed by atoms with van der Waals surface area (Å²) >= 11 is 0. The molecule has 1 aromatic heterocycles. The summed E-state index contributed by atoms with van der Waals surface area (Å²) in [4.78, 5) is 14.4. The molecule has 1 aliphatic heterocycles. The van der Waals surface area contributed by atoms with E-state index in [-0.39, 0.29) is 5.92 Å². The first-order valence-electron chi connectivity index (χ1n) is 12.0. The smallest absolute Gasteiger partial charge is 0.307 e. The first-order valence-corrected chi connectivity index (χ1v) is 12.0. The van der Waals surface area contributed by atoms with Crippen LogP contribution in [0.25, 0.3) is 11.1 Å². The maximum Gasteiger partial charge on any atom is 0.307 e. The molecule has 0 spiro atoms. The summed E-state index contributed by atoms with van der Waals surface area (Å²) in [5.74, 6) is -1.25. The third kappa shape index (κ3) is 5.69. The van der Waals surface area contributed by atoms with Crippen LogP contribution >= 0.6 is 0 Å². The number of ether oxygens (including phenoxy) is 1. The number of hydrogen-bond acceptors (Lipinski definition) is 6. The van der Waals surface area contributed by atoms with Crippen LogP contribution in [-0.4, -0.2) is 62.9 Å². The van der Waals surface area contributed by atoms with Gasteiger partial charge < -0.3 is 9.84 Å². The van der Waals surface area contributed by atoms with Crippen LogP contribution in [0.5, 0.6) is 0 Å². The van der Waals surface area contributed by atoms with Crippen LogP contribution < -0.4 is 0 Å². The Morgan fingerprint density at radius 3 is 2.29 bits per heavy atom. The third-order valence-corrected chi connectivity index (χ3v) is 6.83. The number of morpholine rings is 1. The highest BCUT2D eigenvalue weighted by Crippen LogP contribution is 2.31. The molecule has 34 heavy (non-hydrogen) atoms. The molecule has 0 aliphatic carbocycles. The second kappa shape index (κ2) is 11.4. The number of aliphatic carboxylic acids is 1. The molecule has 4 rings (SSSR count). The van der Waals surface area contributed by atoms with E-state index in [0.29, 0.717) is 24.7 Å². The molecular formula is C26H33N5O3. The van der Waals surface area contributed by atoms with Crippen molar-refractivity contribution in [3.63, 3.8) is 0 Å². The lowest BCUT2D eigenvalue weighted by molar-refractivity contribution is -0.142. The highest BCUT2D eigenvalue weighted by atomic mass is 16.5. The predicted molar refractivity (Wildman–Crippen MR) is 129 cm³/mol. The molecule has 2 aromatic carbocycles. The lowest BCUT2D eigenvalue weighted by atomic mass is 9.83. The van der Waals surface area contributed by atoms with Crippen LogP contribution in [-0.2, 0) is 16.0 Å². The van der Waals surface area contributed by atoms with Gasteiger partial charge in [-0.05, 0) is 42.0 Å². The first kappa shape index (κ1) is 24.0. The standard InChI is InChI=1S/C26H33N5O3/c1-3-4-23(26(32)33)24(25-27-29-30-28-25)17-19-5-7-21(8-6-19)22-11-9-20(10-12-22)18(2)31-13-15-34-16-14-31/h5-12,18,23-24H,3-4,13-17H2,1-2H3,(H,32,33)(H,27,28,29,30). The van der Waals surface area contributed by atoms with E-state index >= 15 is 0 Å². The molecule has 0 saturated carbocycles. The number of tetrazole rings is 1. The van der Waals surface area contributed by atoms with Gasteiger partial charge in [0, 0.05) is 25.0 Å². The SMILES string of the molecule is CCCC(C(=O)O)C(Cc1ccc(-c2ccc(C(C)N3CCOCC3)cc2)cc1)c1nn[nH]n1. The van der Waals surface area contributed by atoms with Gasteiger partial charge in [0.25, 0.3) is 0 Å². The van der Waals surface area contributed by atoms with Gasteiger partial charge in [0.2, 0.25) is 0 Å². The summed E-state index contributed by atoms with van der Waals surface area (Å²) in [5, 5.41) is 24.1. The van der Waals surface area contributed by atoms with Crippen molar-refractivity contribution in [2.45, 2.75) is 45.1 Å². The maximum atomic E-state index is 11.9. The molecule has 1 fully saturated rings. The second-order valence-corrected chi connectivity index (χ2v) is 8.96. The van der Waals surface area contributed by atoms with Crippen LogP contribution in [0.15, 0.2) is 48.5 Å². The molecule has 0 radical (unpaired) electrons. The predicted octanol–water partition coefficient (Wildman–Crippen LogP) is 4.09. The quantitative estimate of drug-likeness (QED) is 0.467. The van der Waals surface area contributed by atoms with Gasteiger partial charge in [-0.2, -0.15) is 5.21 Å². The van der Waals surface area contributed by atoms with E-state index in [0.717, 1.165) is 49.4 Å². The number of carboxylic acid groups (broad SMARTS) is 1. The van der Waals surface area contributed by atoms with Gasteiger partial charge in [0.1, 0.15) is 0 Å². The molecule has 3 aromatic rings. The van der Waals surface area contributed by atoms with E-state index in [1.165, 1.54) is 5.56 Å². The van der Waals surface area contributed by atoms with Crippen molar-refractivity contribution in [1.29, 1.82) is 0 Å². The Morgan fingerprint density at radius 1 is 1.09 bits per heavy atom. The molecule has 1 saturated heterocycles. The molecule has 3 atom stereocenters. The van der Waals surface area contributed by atoms with Crippen LogP contribution in [0.2, 0.25) is 0 Å². The van der Waals surface area contributed by atoms with Crippen molar-refractivity contribution in [3.05, 3.63) is 65.5 Å². The summed E-state index contributed by atoms with van der Waals surface area (Å²) < 4.78 is 5.47. The number of H-pyrrole nitrogens is 1. The van der Waals surface area contributed by atoms with Gasteiger partial charge in [-0.15, -0.1) is 10.2 Å². The fourth-order valence-corrected chi connectivity index (χ4v) is 4.76. The minimum Gasteiger partial charge on any atom is -0.481 e. The van der Waals surface area contributed by atoms with Crippen molar-refractivity contribution < 1.29 is 14.6 Å². The molecular weight excluding hydrogens is 430 g/mol. The summed E-state index contributed by atoms with van der Waals surface area (Å²) in [6, 6.07) is 17.4. The first-order chi connectivity index (χ1) is 16.6. The molecule has 8 nitrogen and oxygen atoms in total. The van der Waals surface area contributed by atoms with Crippen molar-refractivity contribution in [2.24, 2.45) is 5.92 Å². The van der Waals surface area contributed by atoms with E-state index in [1.54, 1.807) is 0 Å². The zero-order valence-electron chi connectivity index (χ0n) is 19.9. The largest absolute Gasteiger partial charge is 0.481 e. The summed E-state index contributed by atoms with van der Waals surface area (Å²) in [7, 11) is 0. The normalized spacial score (nSPS) is 17.2. The van der Waals surface area contributed by atoms with Crippen LogP contribution in [0.4, 0.5) is 0 Å². The van der Waals surface area contributed by atoms with Crippen molar-refractivity contribution in [1.82, 2.24) is 25.5 Å². The Kier molecular flexibility index (Phi) is 8.03. The fraction of sp³-hybridized carbons (Fsp3) is 0.462. The Labute approximate surface area is 200 Å². The van der Waals surface area contributed by atoms with Crippen LogP contribution in [0.1, 0.15) is 55.6 Å². The molecule has 0 bridgehead atoms. The van der Waals surface area contributed by atoms with Crippen LogP contribution in [0, 0.1) is 5.92 Å². The van der Waals surface area contributed by atoms with E-state index in [4.69, 9.17) is 4.74 Å². The van der Waals surface area contributed by atoms with Gasteiger partial charge in [0.15, 0.2) is 5.82 Å². The van der Waals surface area contributed by atoms with Gasteiger partial charge in [0.05, 0.1) is 19.1 Å². The minimum absolute atomic E-state index is 0.331. The van der Waals surface area contributed by atoms with E-state index in [2.05, 4.69) is 81.0 Å². The minimum atomic E-state index is -0.820. The number of rotatable bonds is 10. The van der Waals surface area contributed by atoms with Gasteiger partial charge in [-0.1, -0.05) is 67.1 Å². The number of aromatic amines is 1. The lowest BCUT2D eigenvalue weighted by Crippen LogP contribution is -2.37. The summed E-state index contributed by atoms with van der Waals surface area (Å²) in [6.07, 6.45) is 1.90. The average molecular weight is 464 g/mol. The topological polar surface area (TPSA) is 104 Å². The van der Waals surface area contributed by atoms with Crippen molar-refractivity contribution in [3.8, 4) is 11.1 Å². The number of aromatic nitrogens is 4. The van der Waals surface area contributed by atoms with Crippen LogP contribution in [0.3, 0.4) is 0 Å². The van der Waals surface area contributed by atoms with Gasteiger partial charge >= 0.3 is 5.97 Å². The molecule has 180 valence electrons. The summed E-state index contributed by atoms with van der Waals surface area (Å²) in [6.45, 7) is 7.78. The van der Waals surface area contributed by atoms with E-state index in [9.17, 15) is 9.90 Å². The monoisotopic (exact) mass is 463 g/mol. The van der Waals surface area contributed by atoms with Gasteiger partial charge in [-0.3, -0.25) is 9.69 Å². The number of nitrogens with one attached hydrogen (secondary N) is 1. The number of nitrogens with zero attached hydrogens (tertiary/aromatic N) is 4. The number of carboxylic acids is 1. The summed E-state index contributed by atoms with van der Waals surface area (Å²) in [5.41, 5.74) is 4.65. The molecule has 1 aliphatic rings. The maximum absolute atomic E-state index is 11.9. The molecule has 0 amide bonds. The molecule has 8 heteroatoms. The van der Waals surface area contributed by atoms with Crippen molar-refractivity contribution >= 4 is 5.97 Å². The molecule has 2 heterocycles. The third-order valence-electron chi connectivity index (χ3n) is 6.83. The molecule has 2 N–H and O–H groups in total. The lowest BCUT2D eigenvalue weighted by Gasteiger charge is -2.32. The average Bonchev–Trinajstić information content (AvgIpc) is 3.41. The zero-order chi connectivity index (χ0) is 23.9. The number of benzene rings is 2. The fourth-order valence-electron chi connectivity index (χ4n) is 4.76. The Bertz CT molecular complexity index is 1030. The Balaban J connectivity index is 1.47. The zero-order valence-corrected chi connectivity index (χ0v) is 19.9. The Morgan fingerprint density at radius 2 is 1.74 bits per heavy atom. The molecule has 3 unspecified atom stereocenters. The van der Waals surface area contributed by atoms with Gasteiger partial charge in [-0.25, -0.2) is 0 Å². The highest BCUT2D eigenvalue weighted by Gasteiger charge is 2.32. The second-order valence-electron chi connectivity index (χ2n) is 8.96. The number of hydrogen-bond donors (Lipinski definition) is 2.